The van der Waals surface area contributed by atoms with E-state index in [0.717, 1.165) is 70.3 Å². The lowest BCUT2D eigenvalue weighted by Crippen LogP contribution is -2.48. The molecular weight excluding hydrogens is 715 g/mol. The van der Waals surface area contributed by atoms with Crippen LogP contribution in [0.15, 0.2) is 191 Å². The first-order valence-electron chi connectivity index (χ1n) is 20.5. The van der Waals surface area contributed by atoms with E-state index in [-0.39, 0.29) is 5.97 Å². The highest BCUT2D eigenvalue weighted by Crippen LogP contribution is 2.58. The molecule has 294 valence electrons. The van der Waals surface area contributed by atoms with Crippen LogP contribution in [0.2, 0.25) is 0 Å². The van der Waals surface area contributed by atoms with Crippen LogP contribution in [0.1, 0.15) is 80.3 Å². The number of esters is 1. The number of carbonyl (C=O) groups excluding carboxylic acids is 1. The number of hydrogen-bond donors (Lipinski definition) is 0. The smallest absolute Gasteiger partial charge is 0.324 e. The standard InChI is InChI=1S/C51H53N5O2/c1-5-6-21-36-56(47(48(57)58-49(2,3)4)37-39-22-11-7-12-23-39)38-40-32-34-41(35-33-40)45-30-19-20-31-46(45)51(52-54-55-53-51)50(42-24-13-8-14-25-42,43-26-15-9-16-27-43)44-28-17-10-18-29-44/h7-20,22-35,47H,5-6,21,36-38H2,1-4H3/t47-/m0/s1. The molecule has 0 fully saturated rings. The largest absolute Gasteiger partial charge is 0.459 e. The van der Waals surface area contributed by atoms with Crippen LogP contribution in [0.25, 0.3) is 11.1 Å². The molecule has 58 heavy (non-hydrogen) atoms. The molecule has 0 N–H and O–H groups in total. The predicted octanol–water partition coefficient (Wildman–Crippen LogP) is 12.3. The molecule has 7 rings (SSSR count). The number of nitrogens with zero attached hydrogens (tertiary/aromatic N) is 5. The average molecular weight is 768 g/mol. The lowest BCUT2D eigenvalue weighted by atomic mass is 9.59. The number of carbonyl (C=O) groups is 1. The fraction of sp³-hybridized carbons (Fsp3) is 0.275. The quantitative estimate of drug-likeness (QED) is 0.0559. The lowest BCUT2D eigenvalue weighted by molar-refractivity contribution is -0.161. The Kier molecular flexibility index (Phi) is 12.5. The Morgan fingerprint density at radius 1 is 0.621 bits per heavy atom. The second kappa shape index (κ2) is 18.0. The zero-order valence-corrected chi connectivity index (χ0v) is 34.0. The van der Waals surface area contributed by atoms with E-state index in [4.69, 9.17) is 15.0 Å². The molecule has 7 heteroatoms. The first kappa shape index (κ1) is 40.2. The van der Waals surface area contributed by atoms with Gasteiger partial charge in [-0.25, -0.2) is 0 Å². The molecule has 0 aromatic heterocycles. The monoisotopic (exact) mass is 767 g/mol. The maximum absolute atomic E-state index is 14.0. The van der Waals surface area contributed by atoms with Crippen molar-refractivity contribution < 1.29 is 9.53 Å². The lowest BCUT2D eigenvalue weighted by Gasteiger charge is -2.45. The van der Waals surface area contributed by atoms with Crippen LogP contribution in [-0.4, -0.2) is 29.1 Å². The fourth-order valence-electron chi connectivity index (χ4n) is 8.36. The van der Waals surface area contributed by atoms with Crippen molar-refractivity contribution in [3.05, 3.63) is 203 Å². The molecule has 0 saturated carbocycles. The van der Waals surface area contributed by atoms with Crippen molar-refractivity contribution in [2.75, 3.05) is 6.54 Å². The summed E-state index contributed by atoms with van der Waals surface area (Å²) in [5, 5.41) is 18.7. The Hall–Kier alpha value is -6.05. The van der Waals surface area contributed by atoms with Gasteiger partial charge in [-0.15, -0.1) is 10.2 Å². The van der Waals surface area contributed by atoms with Crippen LogP contribution in [0.4, 0.5) is 0 Å². The summed E-state index contributed by atoms with van der Waals surface area (Å²) in [5.41, 5.74) is 5.36. The zero-order chi connectivity index (χ0) is 40.4. The van der Waals surface area contributed by atoms with Gasteiger partial charge < -0.3 is 4.74 Å². The Labute approximate surface area is 343 Å². The van der Waals surface area contributed by atoms with Gasteiger partial charge in [0.25, 0.3) is 0 Å². The minimum absolute atomic E-state index is 0.192. The third-order valence-electron chi connectivity index (χ3n) is 11.0. The summed E-state index contributed by atoms with van der Waals surface area (Å²) in [6.07, 6.45) is 3.75. The average Bonchev–Trinajstić information content (AvgIpc) is 3.75. The summed E-state index contributed by atoms with van der Waals surface area (Å²) in [7, 11) is 0. The maximum atomic E-state index is 14.0. The molecule has 0 spiro atoms. The van der Waals surface area contributed by atoms with Crippen LogP contribution >= 0.6 is 0 Å². The minimum Gasteiger partial charge on any atom is -0.459 e. The first-order chi connectivity index (χ1) is 28.2. The van der Waals surface area contributed by atoms with E-state index in [1.165, 1.54) is 0 Å². The SMILES string of the molecule is CCCCCN(Cc1ccc(-c2ccccc2C2(C(c3ccccc3)(c3ccccc3)c3ccccc3)N=NN=N2)cc1)[C@@H](Cc1ccccc1)C(=O)OC(C)(C)C. The first-order valence-corrected chi connectivity index (χ1v) is 20.5. The second-order valence-corrected chi connectivity index (χ2v) is 16.1. The van der Waals surface area contributed by atoms with E-state index in [1.54, 1.807) is 0 Å². The molecule has 0 radical (unpaired) electrons. The van der Waals surface area contributed by atoms with Crippen molar-refractivity contribution >= 4 is 5.97 Å². The number of unbranched alkanes of at least 4 members (excludes halogenated alkanes) is 2. The van der Waals surface area contributed by atoms with E-state index in [1.807, 2.05) is 63.2 Å². The van der Waals surface area contributed by atoms with Crippen molar-refractivity contribution in [3.8, 4) is 11.1 Å². The van der Waals surface area contributed by atoms with Gasteiger partial charge in [0.15, 0.2) is 0 Å². The van der Waals surface area contributed by atoms with Gasteiger partial charge in [-0.1, -0.05) is 190 Å². The molecule has 0 saturated heterocycles. The highest BCUT2D eigenvalue weighted by Gasteiger charge is 2.60. The van der Waals surface area contributed by atoms with Crippen LogP contribution in [-0.2, 0) is 33.6 Å². The van der Waals surface area contributed by atoms with Gasteiger partial charge in [0.2, 0.25) is 5.66 Å². The van der Waals surface area contributed by atoms with Crippen LogP contribution < -0.4 is 0 Å². The normalized spacial score (nSPS) is 14.1. The maximum Gasteiger partial charge on any atom is 0.324 e. The van der Waals surface area contributed by atoms with Crippen LogP contribution in [0, 0.1) is 0 Å². The molecule has 1 atom stereocenters. The molecule has 1 heterocycles. The molecule has 0 bridgehead atoms. The summed E-state index contributed by atoms with van der Waals surface area (Å²) in [6.45, 7) is 9.40. The third kappa shape index (κ3) is 8.46. The molecular formula is C51H53N5O2. The molecule has 0 aliphatic carbocycles. The minimum atomic E-state index is -1.29. The summed E-state index contributed by atoms with van der Waals surface area (Å²) in [4.78, 5) is 16.3. The summed E-state index contributed by atoms with van der Waals surface area (Å²) in [5.74, 6) is -0.192. The van der Waals surface area contributed by atoms with E-state index >= 15 is 0 Å². The molecule has 7 nitrogen and oxygen atoms in total. The topological polar surface area (TPSA) is 79.0 Å². The van der Waals surface area contributed by atoms with Gasteiger partial charge in [-0.2, -0.15) is 0 Å². The van der Waals surface area contributed by atoms with E-state index in [2.05, 4.69) is 150 Å². The van der Waals surface area contributed by atoms with E-state index in [9.17, 15) is 4.79 Å². The molecule has 0 amide bonds. The Morgan fingerprint density at radius 3 is 1.64 bits per heavy atom. The van der Waals surface area contributed by atoms with Gasteiger partial charge >= 0.3 is 5.97 Å². The molecule has 6 aromatic rings. The summed E-state index contributed by atoms with van der Waals surface area (Å²) in [6, 6.07) is 58.3. The van der Waals surface area contributed by atoms with Gasteiger partial charge in [0, 0.05) is 12.1 Å². The fourth-order valence-corrected chi connectivity index (χ4v) is 8.36. The number of rotatable bonds is 16. The number of hydrogen-bond acceptors (Lipinski definition) is 7. The zero-order valence-electron chi connectivity index (χ0n) is 34.0. The summed E-state index contributed by atoms with van der Waals surface area (Å²) >= 11 is 0. The number of ether oxygens (including phenoxy) is 1. The molecule has 6 aromatic carbocycles. The van der Waals surface area contributed by atoms with Crippen molar-refractivity contribution in [2.45, 2.75) is 82.6 Å². The van der Waals surface area contributed by atoms with Gasteiger partial charge in [0.1, 0.15) is 11.6 Å². The molecule has 1 aliphatic heterocycles. The van der Waals surface area contributed by atoms with Crippen molar-refractivity contribution in [1.82, 2.24) is 4.90 Å². The van der Waals surface area contributed by atoms with Gasteiger partial charge in [-0.05, 0) is 89.5 Å². The Morgan fingerprint density at radius 2 is 1.12 bits per heavy atom. The molecule has 0 unspecified atom stereocenters. The Balaban J connectivity index is 1.31. The summed E-state index contributed by atoms with van der Waals surface area (Å²) < 4.78 is 6.05. The van der Waals surface area contributed by atoms with Gasteiger partial charge in [0.05, 0.1) is 5.41 Å². The molecule has 1 aliphatic rings. The van der Waals surface area contributed by atoms with Gasteiger partial charge in [-0.3, -0.25) is 9.69 Å². The van der Waals surface area contributed by atoms with Crippen molar-refractivity contribution in [3.63, 3.8) is 0 Å². The number of benzene rings is 6. The second-order valence-electron chi connectivity index (χ2n) is 16.1. The van der Waals surface area contributed by atoms with E-state index in [0.29, 0.717) is 13.0 Å². The van der Waals surface area contributed by atoms with Crippen LogP contribution in [0.5, 0.6) is 0 Å². The Bertz CT molecular complexity index is 2180. The predicted molar refractivity (Wildman–Crippen MR) is 232 cm³/mol. The van der Waals surface area contributed by atoms with Crippen molar-refractivity contribution in [1.29, 1.82) is 0 Å². The van der Waals surface area contributed by atoms with E-state index < -0.39 is 22.7 Å². The van der Waals surface area contributed by atoms with Crippen molar-refractivity contribution in [2.24, 2.45) is 20.7 Å². The third-order valence-corrected chi connectivity index (χ3v) is 11.0. The highest BCUT2D eigenvalue weighted by atomic mass is 16.6. The highest BCUT2D eigenvalue weighted by molar-refractivity contribution is 5.77. The van der Waals surface area contributed by atoms with Crippen LogP contribution in [0.3, 0.4) is 0 Å².